The number of aromatic nitrogens is 2. The molecular formula is C13H22N4O3. The van der Waals surface area contributed by atoms with Gasteiger partial charge in [-0.25, -0.2) is 4.79 Å². The van der Waals surface area contributed by atoms with Crippen molar-refractivity contribution in [1.29, 1.82) is 0 Å². The van der Waals surface area contributed by atoms with Crippen LogP contribution in [0, 0.1) is 0 Å². The number of nitrogens with one attached hydrogen (secondary N) is 1. The highest BCUT2D eigenvalue weighted by Crippen LogP contribution is 2.07. The minimum Gasteiger partial charge on any atom is -0.478 e. The summed E-state index contributed by atoms with van der Waals surface area (Å²) in [7, 11) is 1.70. The van der Waals surface area contributed by atoms with Crippen LogP contribution in [-0.2, 0) is 18.4 Å². The Hall–Kier alpha value is -1.89. The zero-order valence-electron chi connectivity index (χ0n) is 12.2. The molecule has 1 aromatic heterocycles. The molecule has 0 aliphatic rings. The van der Waals surface area contributed by atoms with Crippen LogP contribution in [0.25, 0.3) is 0 Å². The van der Waals surface area contributed by atoms with Gasteiger partial charge in [-0.15, -0.1) is 0 Å². The second-order valence-electron chi connectivity index (χ2n) is 4.43. The molecule has 0 saturated carbocycles. The van der Waals surface area contributed by atoms with Gasteiger partial charge in [-0.1, -0.05) is 0 Å². The van der Waals surface area contributed by atoms with Gasteiger partial charge in [0.05, 0.1) is 11.9 Å². The third kappa shape index (κ3) is 4.06. The quantitative estimate of drug-likeness (QED) is 0.677. The molecule has 0 spiro atoms. The van der Waals surface area contributed by atoms with E-state index in [1.807, 2.05) is 13.8 Å². The van der Waals surface area contributed by atoms with Crippen molar-refractivity contribution in [2.45, 2.75) is 26.8 Å². The number of rotatable bonds is 8. The predicted octanol–water partition coefficient (Wildman–Crippen LogP) is 0.466. The molecule has 1 heterocycles. The van der Waals surface area contributed by atoms with Crippen LogP contribution in [0.4, 0.5) is 0 Å². The molecule has 0 atom stereocenters. The molecule has 0 aliphatic heterocycles. The summed E-state index contributed by atoms with van der Waals surface area (Å²) in [4.78, 5) is 24.6. The van der Waals surface area contributed by atoms with Gasteiger partial charge in [-0.3, -0.25) is 9.48 Å². The van der Waals surface area contributed by atoms with Crippen molar-refractivity contribution in [3.63, 3.8) is 0 Å². The highest BCUT2D eigenvalue weighted by molar-refractivity contribution is 5.88. The molecule has 1 amide bonds. The lowest BCUT2D eigenvalue weighted by molar-refractivity contribution is -0.130. The van der Waals surface area contributed by atoms with E-state index in [9.17, 15) is 9.59 Å². The summed E-state index contributed by atoms with van der Waals surface area (Å²) in [6.45, 7) is 6.21. The smallest absolute Gasteiger partial charge is 0.339 e. The average Bonchev–Trinajstić information content (AvgIpc) is 2.77. The third-order valence-corrected chi connectivity index (χ3v) is 3.22. The summed E-state index contributed by atoms with van der Waals surface area (Å²) in [6, 6.07) is 0. The van der Waals surface area contributed by atoms with Crippen LogP contribution in [0.5, 0.6) is 0 Å². The first kappa shape index (κ1) is 16.2. The maximum atomic E-state index is 11.8. The van der Waals surface area contributed by atoms with Crippen LogP contribution in [0.15, 0.2) is 6.20 Å². The Kier molecular flexibility index (Phi) is 6.17. The fourth-order valence-electron chi connectivity index (χ4n) is 1.99. The van der Waals surface area contributed by atoms with E-state index >= 15 is 0 Å². The van der Waals surface area contributed by atoms with Gasteiger partial charge in [0.1, 0.15) is 5.56 Å². The van der Waals surface area contributed by atoms with Crippen molar-refractivity contribution in [2.24, 2.45) is 7.05 Å². The Balaban J connectivity index is 2.44. The standard InChI is InChI=1S/C13H22N4O3/c1-4-17(5-2)12(18)6-7-14-9-11-10(13(19)20)8-15-16(11)3/h8,14H,4-7,9H2,1-3H3,(H,19,20). The van der Waals surface area contributed by atoms with Gasteiger partial charge in [-0.2, -0.15) is 5.10 Å². The van der Waals surface area contributed by atoms with E-state index < -0.39 is 5.97 Å². The zero-order chi connectivity index (χ0) is 15.1. The van der Waals surface area contributed by atoms with Gasteiger partial charge in [0.2, 0.25) is 5.91 Å². The number of hydrogen-bond donors (Lipinski definition) is 2. The first-order valence-corrected chi connectivity index (χ1v) is 6.73. The number of carboxylic acids is 1. The normalized spacial score (nSPS) is 10.6. The van der Waals surface area contributed by atoms with E-state index in [0.717, 1.165) is 0 Å². The van der Waals surface area contributed by atoms with Gasteiger partial charge in [-0.05, 0) is 13.8 Å². The second kappa shape index (κ2) is 7.64. The van der Waals surface area contributed by atoms with Crippen LogP contribution in [-0.4, -0.2) is 51.3 Å². The first-order chi connectivity index (χ1) is 9.51. The molecule has 7 heteroatoms. The van der Waals surface area contributed by atoms with Crippen LogP contribution in [0.2, 0.25) is 0 Å². The maximum Gasteiger partial charge on any atom is 0.339 e. The Bertz CT molecular complexity index is 466. The monoisotopic (exact) mass is 282 g/mol. The van der Waals surface area contributed by atoms with Crippen molar-refractivity contribution >= 4 is 11.9 Å². The SMILES string of the molecule is CCN(CC)C(=O)CCNCc1c(C(=O)O)cnn1C. The fraction of sp³-hybridized carbons (Fsp3) is 0.615. The minimum absolute atomic E-state index is 0.103. The Morgan fingerprint density at radius 1 is 1.40 bits per heavy atom. The number of carboxylic acid groups (broad SMARTS) is 1. The minimum atomic E-state index is -0.992. The Labute approximate surface area is 118 Å². The number of aromatic carboxylic acids is 1. The molecule has 0 radical (unpaired) electrons. The number of nitrogens with zero attached hydrogens (tertiary/aromatic N) is 3. The number of aryl methyl sites for hydroxylation is 1. The highest BCUT2D eigenvalue weighted by atomic mass is 16.4. The van der Waals surface area contributed by atoms with Crippen molar-refractivity contribution in [3.8, 4) is 0 Å². The van der Waals surface area contributed by atoms with Crippen LogP contribution in [0.1, 0.15) is 36.3 Å². The topological polar surface area (TPSA) is 87.5 Å². The number of amides is 1. The van der Waals surface area contributed by atoms with Gasteiger partial charge in [0.15, 0.2) is 0 Å². The molecular weight excluding hydrogens is 260 g/mol. The van der Waals surface area contributed by atoms with E-state index in [-0.39, 0.29) is 11.5 Å². The highest BCUT2D eigenvalue weighted by Gasteiger charge is 2.14. The molecule has 0 aromatic carbocycles. The number of carbonyl (C=O) groups is 2. The largest absolute Gasteiger partial charge is 0.478 e. The van der Waals surface area contributed by atoms with Gasteiger partial charge < -0.3 is 15.3 Å². The van der Waals surface area contributed by atoms with Crippen LogP contribution < -0.4 is 5.32 Å². The van der Waals surface area contributed by atoms with E-state index in [1.54, 1.807) is 11.9 Å². The van der Waals surface area contributed by atoms with Crippen LogP contribution in [0.3, 0.4) is 0 Å². The molecule has 112 valence electrons. The molecule has 7 nitrogen and oxygen atoms in total. The van der Waals surface area contributed by atoms with Crippen molar-refractivity contribution < 1.29 is 14.7 Å². The summed E-state index contributed by atoms with van der Waals surface area (Å²) in [5.41, 5.74) is 0.794. The average molecular weight is 282 g/mol. The molecule has 0 unspecified atom stereocenters. The molecule has 0 fully saturated rings. The lowest BCUT2D eigenvalue weighted by Gasteiger charge is -2.18. The third-order valence-electron chi connectivity index (χ3n) is 3.22. The molecule has 2 N–H and O–H groups in total. The molecule has 0 bridgehead atoms. The zero-order valence-corrected chi connectivity index (χ0v) is 12.2. The summed E-state index contributed by atoms with van der Waals surface area (Å²) >= 11 is 0. The second-order valence-corrected chi connectivity index (χ2v) is 4.43. The van der Waals surface area contributed by atoms with Crippen molar-refractivity contribution in [1.82, 2.24) is 20.0 Å². The van der Waals surface area contributed by atoms with Crippen molar-refractivity contribution in [2.75, 3.05) is 19.6 Å². The van der Waals surface area contributed by atoms with E-state index in [0.29, 0.717) is 38.3 Å². The lowest BCUT2D eigenvalue weighted by atomic mass is 10.2. The Morgan fingerprint density at radius 2 is 2.05 bits per heavy atom. The van der Waals surface area contributed by atoms with Gasteiger partial charge in [0.25, 0.3) is 0 Å². The first-order valence-electron chi connectivity index (χ1n) is 6.73. The van der Waals surface area contributed by atoms with Gasteiger partial charge in [0, 0.05) is 39.6 Å². The fourth-order valence-corrected chi connectivity index (χ4v) is 1.99. The summed E-state index contributed by atoms with van der Waals surface area (Å²) in [5.74, 6) is -0.889. The number of hydrogen-bond acceptors (Lipinski definition) is 4. The van der Waals surface area contributed by atoms with Crippen LogP contribution >= 0.6 is 0 Å². The molecule has 0 saturated heterocycles. The van der Waals surface area contributed by atoms with E-state index in [4.69, 9.17) is 5.11 Å². The van der Waals surface area contributed by atoms with E-state index in [1.165, 1.54) is 10.9 Å². The molecule has 20 heavy (non-hydrogen) atoms. The van der Waals surface area contributed by atoms with E-state index in [2.05, 4.69) is 10.4 Å². The Morgan fingerprint density at radius 3 is 2.60 bits per heavy atom. The molecule has 1 rings (SSSR count). The maximum absolute atomic E-state index is 11.8. The van der Waals surface area contributed by atoms with Gasteiger partial charge >= 0.3 is 5.97 Å². The summed E-state index contributed by atoms with van der Waals surface area (Å²) in [6.07, 6.45) is 1.74. The molecule has 0 aliphatic carbocycles. The summed E-state index contributed by atoms with van der Waals surface area (Å²) < 4.78 is 1.53. The number of carbonyl (C=O) groups excluding carboxylic acids is 1. The summed E-state index contributed by atoms with van der Waals surface area (Å²) in [5, 5.41) is 16.0. The van der Waals surface area contributed by atoms with Crippen molar-refractivity contribution in [3.05, 3.63) is 17.5 Å². The predicted molar refractivity (Wildman–Crippen MR) is 74.4 cm³/mol. The molecule has 1 aromatic rings. The lowest BCUT2D eigenvalue weighted by Crippen LogP contribution is -2.33.